The van der Waals surface area contributed by atoms with E-state index in [0.29, 0.717) is 9.92 Å². The van der Waals surface area contributed by atoms with Crippen LogP contribution in [0, 0.1) is 21.4 Å². The van der Waals surface area contributed by atoms with Gasteiger partial charge < -0.3 is 0 Å². The Labute approximate surface area is 106 Å². The second kappa shape index (κ2) is 5.25. The first-order chi connectivity index (χ1) is 8.70. The lowest BCUT2D eigenvalue weighted by Gasteiger charge is -2.02. The van der Waals surface area contributed by atoms with Crippen molar-refractivity contribution < 1.29 is 4.92 Å². The SMILES string of the molecule is N#Cc1cc([N+](=O)[O-])ccc1Sc1cnccn1. The van der Waals surface area contributed by atoms with Gasteiger partial charge in [0.15, 0.2) is 0 Å². The van der Waals surface area contributed by atoms with E-state index in [9.17, 15) is 10.1 Å². The van der Waals surface area contributed by atoms with Crippen LogP contribution < -0.4 is 0 Å². The molecule has 0 bridgehead atoms. The van der Waals surface area contributed by atoms with Crippen molar-refractivity contribution in [2.75, 3.05) is 0 Å². The summed E-state index contributed by atoms with van der Waals surface area (Å²) in [4.78, 5) is 18.7. The summed E-state index contributed by atoms with van der Waals surface area (Å²) >= 11 is 1.24. The Hall–Kier alpha value is -2.46. The zero-order valence-corrected chi connectivity index (χ0v) is 9.79. The Morgan fingerprint density at radius 2 is 2.22 bits per heavy atom. The van der Waals surface area contributed by atoms with Crippen molar-refractivity contribution in [2.45, 2.75) is 9.92 Å². The third kappa shape index (κ3) is 2.61. The Morgan fingerprint density at radius 1 is 1.39 bits per heavy atom. The highest BCUT2D eigenvalue weighted by atomic mass is 32.2. The van der Waals surface area contributed by atoms with E-state index >= 15 is 0 Å². The maximum Gasteiger partial charge on any atom is 0.270 e. The number of non-ortho nitro benzene ring substituents is 1. The molecule has 6 nitrogen and oxygen atoms in total. The van der Waals surface area contributed by atoms with E-state index in [1.54, 1.807) is 18.6 Å². The Kier molecular flexibility index (Phi) is 3.50. The van der Waals surface area contributed by atoms with Crippen LogP contribution in [-0.4, -0.2) is 14.9 Å². The fraction of sp³-hybridized carbons (Fsp3) is 0. The van der Waals surface area contributed by atoms with E-state index in [-0.39, 0.29) is 11.3 Å². The molecule has 0 radical (unpaired) electrons. The van der Waals surface area contributed by atoms with Gasteiger partial charge in [0.1, 0.15) is 11.1 Å². The normalized spacial score (nSPS) is 9.72. The van der Waals surface area contributed by atoms with Crippen molar-refractivity contribution in [3.8, 4) is 6.07 Å². The van der Waals surface area contributed by atoms with Gasteiger partial charge in [0.05, 0.1) is 16.7 Å². The van der Waals surface area contributed by atoms with Crippen LogP contribution in [0.4, 0.5) is 5.69 Å². The summed E-state index contributed by atoms with van der Waals surface area (Å²) < 4.78 is 0. The van der Waals surface area contributed by atoms with Crippen LogP contribution in [0.15, 0.2) is 46.7 Å². The summed E-state index contributed by atoms with van der Waals surface area (Å²) in [6.07, 6.45) is 4.65. The fourth-order valence-corrected chi connectivity index (χ4v) is 2.06. The molecule has 18 heavy (non-hydrogen) atoms. The molecule has 0 amide bonds. The third-order valence-corrected chi connectivity index (χ3v) is 3.04. The summed E-state index contributed by atoms with van der Waals surface area (Å²) in [5, 5.41) is 20.2. The van der Waals surface area contributed by atoms with Gasteiger partial charge in [0.2, 0.25) is 0 Å². The van der Waals surface area contributed by atoms with Gasteiger partial charge in [-0.05, 0) is 6.07 Å². The highest BCUT2D eigenvalue weighted by molar-refractivity contribution is 7.99. The van der Waals surface area contributed by atoms with E-state index in [1.807, 2.05) is 6.07 Å². The van der Waals surface area contributed by atoms with Crippen LogP contribution in [0.25, 0.3) is 0 Å². The zero-order valence-electron chi connectivity index (χ0n) is 8.98. The lowest BCUT2D eigenvalue weighted by Crippen LogP contribution is -1.90. The van der Waals surface area contributed by atoms with E-state index in [0.717, 1.165) is 0 Å². The summed E-state index contributed by atoms with van der Waals surface area (Å²) in [6.45, 7) is 0. The summed E-state index contributed by atoms with van der Waals surface area (Å²) in [7, 11) is 0. The molecule has 0 aliphatic carbocycles. The molecule has 1 aromatic heterocycles. The monoisotopic (exact) mass is 258 g/mol. The lowest BCUT2D eigenvalue weighted by atomic mass is 10.2. The minimum absolute atomic E-state index is 0.102. The second-order valence-electron chi connectivity index (χ2n) is 3.20. The van der Waals surface area contributed by atoms with Crippen LogP contribution >= 0.6 is 11.8 Å². The second-order valence-corrected chi connectivity index (χ2v) is 4.26. The van der Waals surface area contributed by atoms with Crippen molar-refractivity contribution in [3.05, 3.63) is 52.5 Å². The molecule has 1 aromatic carbocycles. The van der Waals surface area contributed by atoms with Crippen molar-refractivity contribution in [2.24, 2.45) is 0 Å². The molecule has 7 heteroatoms. The number of nitriles is 1. The molecule has 0 saturated heterocycles. The smallest absolute Gasteiger partial charge is 0.260 e. The van der Waals surface area contributed by atoms with Gasteiger partial charge in [0.25, 0.3) is 5.69 Å². The molecular weight excluding hydrogens is 252 g/mol. The Bertz CT molecular complexity index is 625. The van der Waals surface area contributed by atoms with Gasteiger partial charge in [-0.2, -0.15) is 5.26 Å². The van der Waals surface area contributed by atoms with Crippen molar-refractivity contribution in [1.82, 2.24) is 9.97 Å². The number of aromatic nitrogens is 2. The maximum absolute atomic E-state index is 10.6. The predicted molar refractivity (Wildman–Crippen MR) is 64.0 cm³/mol. The average molecular weight is 258 g/mol. The quantitative estimate of drug-likeness (QED) is 0.620. The van der Waals surface area contributed by atoms with Gasteiger partial charge in [-0.25, -0.2) is 4.98 Å². The topological polar surface area (TPSA) is 92.7 Å². The van der Waals surface area contributed by atoms with E-state index in [1.165, 1.54) is 30.0 Å². The van der Waals surface area contributed by atoms with Gasteiger partial charge in [-0.3, -0.25) is 15.1 Å². The maximum atomic E-state index is 10.6. The summed E-state index contributed by atoms with van der Waals surface area (Å²) in [6, 6.07) is 6.08. The predicted octanol–water partition coefficient (Wildman–Crippen LogP) is 2.41. The van der Waals surface area contributed by atoms with Crippen LogP contribution in [-0.2, 0) is 0 Å². The van der Waals surface area contributed by atoms with Crippen molar-refractivity contribution in [3.63, 3.8) is 0 Å². The Balaban J connectivity index is 2.35. The molecule has 0 aliphatic rings. The molecule has 0 spiro atoms. The molecule has 88 valence electrons. The van der Waals surface area contributed by atoms with Gasteiger partial charge in [-0.1, -0.05) is 11.8 Å². The van der Waals surface area contributed by atoms with E-state index in [4.69, 9.17) is 5.26 Å². The van der Waals surface area contributed by atoms with Crippen molar-refractivity contribution in [1.29, 1.82) is 5.26 Å². The molecule has 2 aromatic rings. The van der Waals surface area contributed by atoms with Crippen LogP contribution in [0.1, 0.15) is 5.56 Å². The number of nitro groups is 1. The minimum Gasteiger partial charge on any atom is -0.260 e. The largest absolute Gasteiger partial charge is 0.270 e. The number of rotatable bonds is 3. The minimum atomic E-state index is -0.530. The highest BCUT2D eigenvalue weighted by Gasteiger charge is 2.11. The molecule has 0 fully saturated rings. The fourth-order valence-electron chi connectivity index (χ4n) is 1.26. The first kappa shape index (κ1) is 12.0. The molecule has 0 saturated carbocycles. The van der Waals surface area contributed by atoms with Crippen LogP contribution in [0.3, 0.4) is 0 Å². The summed E-state index contributed by atoms with van der Waals surface area (Å²) in [5.74, 6) is 0. The average Bonchev–Trinajstić information content (AvgIpc) is 2.40. The number of nitro benzene ring substituents is 1. The van der Waals surface area contributed by atoms with E-state index in [2.05, 4.69) is 9.97 Å². The lowest BCUT2D eigenvalue weighted by molar-refractivity contribution is -0.384. The zero-order chi connectivity index (χ0) is 13.0. The molecule has 0 unspecified atom stereocenters. The van der Waals surface area contributed by atoms with Crippen LogP contribution in [0.2, 0.25) is 0 Å². The molecule has 1 heterocycles. The molecule has 0 aliphatic heterocycles. The number of hydrogen-bond donors (Lipinski definition) is 0. The first-order valence-corrected chi connectivity index (χ1v) is 5.65. The van der Waals surface area contributed by atoms with Crippen LogP contribution in [0.5, 0.6) is 0 Å². The van der Waals surface area contributed by atoms with Gasteiger partial charge in [-0.15, -0.1) is 0 Å². The molecule has 0 atom stereocenters. The molecule has 0 N–H and O–H groups in total. The van der Waals surface area contributed by atoms with E-state index < -0.39 is 4.92 Å². The number of benzene rings is 1. The molecule has 2 rings (SSSR count). The third-order valence-electron chi connectivity index (χ3n) is 2.05. The van der Waals surface area contributed by atoms with Gasteiger partial charge in [0, 0.05) is 29.4 Å². The van der Waals surface area contributed by atoms with Gasteiger partial charge >= 0.3 is 0 Å². The van der Waals surface area contributed by atoms with Crippen molar-refractivity contribution >= 4 is 17.4 Å². The number of hydrogen-bond acceptors (Lipinski definition) is 6. The molecular formula is C11H6N4O2S. The number of nitrogens with zero attached hydrogens (tertiary/aromatic N) is 4. The first-order valence-electron chi connectivity index (χ1n) is 4.83. The summed E-state index contributed by atoms with van der Waals surface area (Å²) in [5.41, 5.74) is 0.148. The highest BCUT2D eigenvalue weighted by Crippen LogP contribution is 2.30. The Morgan fingerprint density at radius 3 is 2.83 bits per heavy atom. The standard InChI is InChI=1S/C11H6N4O2S/c12-6-8-5-9(15(16)17)1-2-10(8)18-11-7-13-3-4-14-11/h1-5,7H.